The molecule has 0 aromatic heterocycles. The molecule has 31 heavy (non-hydrogen) atoms. The smallest absolute Gasteiger partial charge is 0.343 e. The highest BCUT2D eigenvalue weighted by molar-refractivity contribution is 5.94. The van der Waals surface area contributed by atoms with Crippen molar-refractivity contribution in [3.63, 3.8) is 0 Å². The van der Waals surface area contributed by atoms with Crippen molar-refractivity contribution in [2.75, 3.05) is 45.4 Å². The van der Waals surface area contributed by atoms with E-state index in [9.17, 15) is 14.4 Å². The number of methoxy groups -OCH3 is 2. The van der Waals surface area contributed by atoms with Gasteiger partial charge in [-0.1, -0.05) is 12.1 Å². The van der Waals surface area contributed by atoms with Gasteiger partial charge in [0.25, 0.3) is 5.91 Å². The van der Waals surface area contributed by atoms with E-state index in [4.69, 9.17) is 9.47 Å². The summed E-state index contributed by atoms with van der Waals surface area (Å²) < 4.78 is 15.1. The van der Waals surface area contributed by atoms with Crippen molar-refractivity contribution in [1.82, 2.24) is 10.6 Å². The van der Waals surface area contributed by atoms with Crippen molar-refractivity contribution in [2.45, 2.75) is 6.54 Å². The van der Waals surface area contributed by atoms with Crippen molar-refractivity contribution in [2.24, 2.45) is 0 Å². The van der Waals surface area contributed by atoms with E-state index in [0.29, 0.717) is 36.7 Å². The lowest BCUT2D eigenvalue weighted by atomic mass is 10.1. The van der Waals surface area contributed by atoms with Crippen LogP contribution in [-0.4, -0.2) is 58.2 Å². The van der Waals surface area contributed by atoms with E-state index in [0.717, 1.165) is 17.8 Å². The van der Waals surface area contributed by atoms with Gasteiger partial charge in [0.05, 0.1) is 20.8 Å². The van der Waals surface area contributed by atoms with Gasteiger partial charge < -0.3 is 29.7 Å². The first-order valence-electron chi connectivity index (χ1n) is 9.76. The quantitative estimate of drug-likeness (QED) is 0.608. The fourth-order valence-corrected chi connectivity index (χ4v) is 3.09. The van der Waals surface area contributed by atoms with Gasteiger partial charge in [0.2, 0.25) is 5.91 Å². The van der Waals surface area contributed by atoms with Crippen LogP contribution in [0.15, 0.2) is 42.5 Å². The predicted octanol–water partition coefficient (Wildman–Crippen LogP) is 1.11. The second-order valence-corrected chi connectivity index (χ2v) is 6.85. The van der Waals surface area contributed by atoms with Crippen LogP contribution in [0.3, 0.4) is 0 Å². The van der Waals surface area contributed by atoms with Gasteiger partial charge >= 0.3 is 5.97 Å². The monoisotopic (exact) mass is 427 g/mol. The minimum Gasteiger partial charge on any atom is -0.493 e. The number of hydrogen-bond donors (Lipinski definition) is 2. The molecule has 2 aromatic rings. The zero-order valence-corrected chi connectivity index (χ0v) is 17.5. The number of nitrogens with one attached hydrogen (secondary N) is 2. The molecule has 1 heterocycles. The van der Waals surface area contributed by atoms with Gasteiger partial charge in [0.1, 0.15) is 0 Å². The Morgan fingerprint density at radius 2 is 1.87 bits per heavy atom. The van der Waals surface area contributed by atoms with E-state index in [1.807, 2.05) is 29.2 Å². The topological polar surface area (TPSA) is 106 Å². The van der Waals surface area contributed by atoms with Gasteiger partial charge in [-0.2, -0.15) is 0 Å². The lowest BCUT2D eigenvalue weighted by Crippen LogP contribution is -2.47. The Morgan fingerprint density at radius 1 is 1.10 bits per heavy atom. The van der Waals surface area contributed by atoms with Gasteiger partial charge in [-0.3, -0.25) is 9.59 Å². The van der Waals surface area contributed by atoms with E-state index in [-0.39, 0.29) is 18.4 Å². The van der Waals surface area contributed by atoms with E-state index in [2.05, 4.69) is 15.4 Å². The molecule has 0 saturated carbocycles. The molecule has 0 bridgehead atoms. The number of piperazine rings is 1. The number of benzene rings is 2. The van der Waals surface area contributed by atoms with Crippen LogP contribution < -0.4 is 25.0 Å². The number of esters is 1. The van der Waals surface area contributed by atoms with Crippen LogP contribution in [0.1, 0.15) is 15.9 Å². The van der Waals surface area contributed by atoms with Crippen LogP contribution in [0.25, 0.3) is 0 Å². The number of amides is 2. The highest BCUT2D eigenvalue weighted by atomic mass is 16.6. The third-order valence-electron chi connectivity index (χ3n) is 4.79. The average Bonchev–Trinajstić information content (AvgIpc) is 2.81. The molecule has 1 aliphatic rings. The van der Waals surface area contributed by atoms with E-state index in [1.165, 1.54) is 14.2 Å². The molecule has 0 aliphatic carbocycles. The van der Waals surface area contributed by atoms with Crippen LogP contribution in [-0.2, 0) is 20.9 Å². The van der Waals surface area contributed by atoms with Crippen LogP contribution in [0.5, 0.6) is 11.5 Å². The van der Waals surface area contributed by atoms with Gasteiger partial charge in [0.15, 0.2) is 18.1 Å². The molecule has 1 saturated heterocycles. The second kappa shape index (κ2) is 10.3. The lowest BCUT2D eigenvalue weighted by Gasteiger charge is -2.28. The fraction of sp³-hybridized carbons (Fsp3) is 0.318. The number of hydrogen-bond acceptors (Lipinski definition) is 7. The SMILES string of the molecule is COC(=O)COc1ccc(C(=O)NCc2ccc(N3CCNC(=O)C3)cc2)cc1OC. The number of carbonyl (C=O) groups excluding carboxylic acids is 3. The maximum Gasteiger partial charge on any atom is 0.343 e. The fourth-order valence-electron chi connectivity index (χ4n) is 3.09. The first kappa shape index (κ1) is 21.9. The highest BCUT2D eigenvalue weighted by Gasteiger charge is 2.16. The number of nitrogens with zero attached hydrogens (tertiary/aromatic N) is 1. The van der Waals surface area contributed by atoms with Crippen LogP contribution >= 0.6 is 0 Å². The Morgan fingerprint density at radius 3 is 2.55 bits per heavy atom. The molecular weight excluding hydrogens is 402 g/mol. The number of anilines is 1. The zero-order chi connectivity index (χ0) is 22.2. The van der Waals surface area contributed by atoms with Crippen molar-refractivity contribution in [3.05, 3.63) is 53.6 Å². The summed E-state index contributed by atoms with van der Waals surface area (Å²) in [6.45, 7) is 1.84. The number of ether oxygens (including phenoxy) is 3. The van der Waals surface area contributed by atoms with Crippen molar-refractivity contribution in [1.29, 1.82) is 0 Å². The Hall–Kier alpha value is -3.75. The van der Waals surface area contributed by atoms with Gasteiger partial charge in [-0.25, -0.2) is 4.79 Å². The molecule has 9 heteroatoms. The normalized spacial score (nSPS) is 13.2. The molecule has 0 radical (unpaired) electrons. The summed E-state index contributed by atoms with van der Waals surface area (Å²) in [6, 6.07) is 12.4. The molecule has 9 nitrogen and oxygen atoms in total. The van der Waals surface area contributed by atoms with Crippen molar-refractivity contribution in [3.8, 4) is 11.5 Å². The maximum absolute atomic E-state index is 12.5. The largest absolute Gasteiger partial charge is 0.493 e. The minimum absolute atomic E-state index is 0.0136. The molecule has 1 aliphatic heterocycles. The summed E-state index contributed by atoms with van der Waals surface area (Å²) in [5, 5.41) is 5.67. The Bertz CT molecular complexity index is 945. The van der Waals surface area contributed by atoms with E-state index >= 15 is 0 Å². The highest BCUT2D eigenvalue weighted by Crippen LogP contribution is 2.28. The van der Waals surface area contributed by atoms with Crippen molar-refractivity contribution < 1.29 is 28.6 Å². The van der Waals surface area contributed by atoms with Crippen LogP contribution in [0, 0.1) is 0 Å². The lowest BCUT2D eigenvalue weighted by molar-refractivity contribution is -0.142. The summed E-state index contributed by atoms with van der Waals surface area (Å²) in [4.78, 5) is 37.3. The third-order valence-corrected chi connectivity index (χ3v) is 4.79. The van der Waals surface area contributed by atoms with Gasteiger partial charge in [0, 0.05) is 30.9 Å². The summed E-state index contributed by atoms with van der Waals surface area (Å²) in [6.07, 6.45) is 0. The Balaban J connectivity index is 1.57. The first-order chi connectivity index (χ1) is 15.0. The summed E-state index contributed by atoms with van der Waals surface area (Å²) >= 11 is 0. The molecule has 0 spiro atoms. The Labute approximate surface area is 180 Å². The molecular formula is C22H25N3O6. The maximum atomic E-state index is 12.5. The molecule has 2 N–H and O–H groups in total. The number of rotatable bonds is 8. The second-order valence-electron chi connectivity index (χ2n) is 6.85. The predicted molar refractivity (Wildman–Crippen MR) is 113 cm³/mol. The summed E-state index contributed by atoms with van der Waals surface area (Å²) in [5.41, 5.74) is 2.30. The average molecular weight is 427 g/mol. The molecule has 0 unspecified atom stereocenters. The molecule has 164 valence electrons. The van der Waals surface area contributed by atoms with Crippen molar-refractivity contribution >= 4 is 23.5 Å². The van der Waals surface area contributed by atoms with Gasteiger partial charge in [-0.05, 0) is 35.9 Å². The molecule has 2 amide bonds. The molecule has 0 atom stereocenters. The molecule has 3 rings (SSSR count). The number of carbonyl (C=O) groups is 3. The zero-order valence-electron chi connectivity index (χ0n) is 17.5. The summed E-state index contributed by atoms with van der Waals surface area (Å²) in [7, 11) is 2.73. The third kappa shape index (κ3) is 5.88. The van der Waals surface area contributed by atoms with Crippen LogP contribution in [0.4, 0.5) is 5.69 Å². The standard InChI is InChI=1S/C22H25N3O6/c1-29-19-11-16(5-8-18(19)31-14-21(27)30-2)22(28)24-12-15-3-6-17(7-4-15)25-10-9-23-20(26)13-25/h3-8,11H,9-10,12-14H2,1-2H3,(H,23,26)(H,24,28). The first-order valence-corrected chi connectivity index (χ1v) is 9.76. The van der Waals surface area contributed by atoms with E-state index in [1.54, 1.807) is 18.2 Å². The van der Waals surface area contributed by atoms with Crippen LogP contribution in [0.2, 0.25) is 0 Å². The summed E-state index contributed by atoms with van der Waals surface area (Å²) in [5.74, 6) is -0.0920. The van der Waals surface area contributed by atoms with Gasteiger partial charge in [-0.15, -0.1) is 0 Å². The minimum atomic E-state index is -0.515. The Kier molecular flexibility index (Phi) is 7.31. The van der Waals surface area contributed by atoms with E-state index < -0.39 is 5.97 Å². The molecule has 1 fully saturated rings. The molecule has 2 aromatic carbocycles.